The number of carbonyl (C=O) groups excluding carboxylic acids is 1. The molecule has 3 heterocycles. The molecule has 1 aromatic carbocycles. The highest BCUT2D eigenvalue weighted by molar-refractivity contribution is 6.04. The smallest absolute Gasteiger partial charge is 0.336 e. The molecule has 1 unspecified atom stereocenters. The van der Waals surface area contributed by atoms with E-state index in [1.165, 1.54) is 18.2 Å². The van der Waals surface area contributed by atoms with Crippen LogP contribution in [-0.4, -0.2) is 60.9 Å². The Labute approximate surface area is 172 Å². The van der Waals surface area contributed by atoms with E-state index >= 15 is 0 Å². The number of aryl methyl sites for hydroxylation is 1. The van der Waals surface area contributed by atoms with Crippen LogP contribution in [-0.2, 0) is 11.3 Å². The quantitative estimate of drug-likeness (QED) is 0.564. The number of nitrogens with zero attached hydrogens (tertiary/aromatic N) is 4. The van der Waals surface area contributed by atoms with Crippen LogP contribution in [0.5, 0.6) is 5.75 Å². The molecule has 0 aliphatic carbocycles. The van der Waals surface area contributed by atoms with E-state index in [0.717, 1.165) is 25.9 Å². The average molecular weight is 409 g/mol. The molecule has 2 aromatic heterocycles. The Hall–Kier alpha value is -3.46. The highest BCUT2D eigenvalue weighted by Crippen LogP contribution is 2.28. The predicted molar refractivity (Wildman–Crippen MR) is 110 cm³/mol. The topological polar surface area (TPSA) is 135 Å². The van der Waals surface area contributed by atoms with Crippen molar-refractivity contribution in [3.05, 3.63) is 41.6 Å². The lowest BCUT2D eigenvalue weighted by atomic mass is 10.1. The minimum atomic E-state index is -1.09. The number of aromatic hydroxyl groups is 1. The molecule has 4 rings (SSSR count). The molecular weight excluding hydrogens is 386 g/mol. The van der Waals surface area contributed by atoms with Crippen LogP contribution in [0.3, 0.4) is 0 Å². The fourth-order valence-electron chi connectivity index (χ4n) is 4.03. The lowest BCUT2D eigenvalue weighted by Crippen LogP contribution is -2.46. The zero-order chi connectivity index (χ0) is 21.4. The SMILES string of the molecule is Cc1nn(CC(C(N)=O)N2CCCC2)c2nc(-c3ccc(O)cc3)cc(C(=O)O)c12. The maximum Gasteiger partial charge on any atom is 0.336 e. The first-order valence-corrected chi connectivity index (χ1v) is 9.79. The maximum absolute atomic E-state index is 12.1. The third-order valence-electron chi connectivity index (χ3n) is 5.53. The van der Waals surface area contributed by atoms with E-state index in [9.17, 15) is 19.8 Å². The Morgan fingerprint density at radius 1 is 1.20 bits per heavy atom. The van der Waals surface area contributed by atoms with Gasteiger partial charge in [0.1, 0.15) is 11.8 Å². The second-order valence-corrected chi connectivity index (χ2v) is 7.53. The summed E-state index contributed by atoms with van der Waals surface area (Å²) in [5, 5.41) is 24.3. The summed E-state index contributed by atoms with van der Waals surface area (Å²) in [5.41, 5.74) is 7.77. The van der Waals surface area contributed by atoms with E-state index in [-0.39, 0.29) is 17.9 Å². The monoisotopic (exact) mass is 409 g/mol. The van der Waals surface area contributed by atoms with Gasteiger partial charge in [-0.05, 0) is 63.2 Å². The van der Waals surface area contributed by atoms with Gasteiger partial charge in [-0.3, -0.25) is 9.69 Å². The summed E-state index contributed by atoms with van der Waals surface area (Å²) < 4.78 is 1.58. The number of fused-ring (bicyclic) bond motifs is 1. The summed E-state index contributed by atoms with van der Waals surface area (Å²) in [6.45, 7) is 3.50. The van der Waals surface area contributed by atoms with Crippen molar-refractivity contribution in [2.75, 3.05) is 13.1 Å². The average Bonchev–Trinajstić information content (AvgIpc) is 3.34. The number of aromatic nitrogens is 3. The summed E-state index contributed by atoms with van der Waals surface area (Å²) in [5.74, 6) is -1.42. The van der Waals surface area contributed by atoms with Crippen molar-refractivity contribution in [1.82, 2.24) is 19.7 Å². The first-order chi connectivity index (χ1) is 14.3. The van der Waals surface area contributed by atoms with Crippen LogP contribution in [0.2, 0.25) is 0 Å². The van der Waals surface area contributed by atoms with Gasteiger partial charge in [-0.15, -0.1) is 0 Å². The number of carbonyl (C=O) groups is 2. The van der Waals surface area contributed by atoms with Crippen molar-refractivity contribution in [2.24, 2.45) is 5.73 Å². The molecule has 3 aromatic rings. The Bertz CT molecular complexity index is 1120. The summed E-state index contributed by atoms with van der Waals surface area (Å²) in [4.78, 5) is 30.8. The number of hydrogen-bond acceptors (Lipinski definition) is 6. The van der Waals surface area contributed by atoms with Crippen molar-refractivity contribution >= 4 is 22.9 Å². The van der Waals surface area contributed by atoms with Crippen LogP contribution in [0.15, 0.2) is 30.3 Å². The second kappa shape index (κ2) is 7.75. The highest BCUT2D eigenvalue weighted by Gasteiger charge is 2.29. The predicted octanol–water partition coefficient (Wildman–Crippen LogP) is 1.76. The largest absolute Gasteiger partial charge is 0.508 e. The van der Waals surface area contributed by atoms with E-state index < -0.39 is 17.9 Å². The number of aromatic carboxylic acids is 1. The highest BCUT2D eigenvalue weighted by atomic mass is 16.4. The van der Waals surface area contributed by atoms with Crippen molar-refractivity contribution in [1.29, 1.82) is 0 Å². The molecule has 1 aliphatic heterocycles. The van der Waals surface area contributed by atoms with Crippen LogP contribution in [0.4, 0.5) is 0 Å². The summed E-state index contributed by atoms with van der Waals surface area (Å²) in [6.07, 6.45) is 2.02. The van der Waals surface area contributed by atoms with Gasteiger partial charge < -0.3 is 15.9 Å². The fourth-order valence-corrected chi connectivity index (χ4v) is 4.03. The first-order valence-electron chi connectivity index (χ1n) is 9.79. The molecule has 156 valence electrons. The molecule has 30 heavy (non-hydrogen) atoms. The summed E-state index contributed by atoms with van der Waals surface area (Å²) >= 11 is 0. The van der Waals surface area contributed by atoms with Gasteiger partial charge in [0, 0.05) is 5.56 Å². The van der Waals surface area contributed by atoms with Gasteiger partial charge in [0.25, 0.3) is 0 Å². The van der Waals surface area contributed by atoms with Gasteiger partial charge in [0.05, 0.1) is 28.9 Å². The Morgan fingerprint density at radius 3 is 2.47 bits per heavy atom. The van der Waals surface area contributed by atoms with Gasteiger partial charge in [-0.2, -0.15) is 5.10 Å². The zero-order valence-electron chi connectivity index (χ0n) is 16.6. The third kappa shape index (κ3) is 3.59. The number of nitrogens with two attached hydrogens (primary N) is 1. The number of likely N-dealkylation sites (tertiary alicyclic amines) is 1. The van der Waals surface area contributed by atoms with Gasteiger partial charge in [-0.25, -0.2) is 14.5 Å². The third-order valence-corrected chi connectivity index (χ3v) is 5.53. The van der Waals surface area contributed by atoms with E-state index in [4.69, 9.17) is 5.73 Å². The van der Waals surface area contributed by atoms with Gasteiger partial charge in [-0.1, -0.05) is 0 Å². The van der Waals surface area contributed by atoms with Crippen molar-refractivity contribution in [3.8, 4) is 17.0 Å². The number of phenolic OH excluding ortho intramolecular Hbond substituents is 1. The van der Waals surface area contributed by atoms with Crippen molar-refractivity contribution in [2.45, 2.75) is 32.4 Å². The second-order valence-electron chi connectivity index (χ2n) is 7.53. The molecule has 0 radical (unpaired) electrons. The molecule has 1 amide bonds. The van der Waals surface area contributed by atoms with Crippen molar-refractivity contribution < 1.29 is 19.8 Å². The number of primary amides is 1. The standard InChI is InChI=1S/C21H23N5O4/c1-12-18-15(21(29)30)10-16(13-4-6-14(27)7-5-13)23-20(18)26(24-12)11-17(19(22)28)25-8-2-3-9-25/h4-7,10,17,27H,2-3,8-9,11H2,1H3,(H2,22,28)(H,29,30). The molecule has 9 nitrogen and oxygen atoms in total. The normalized spacial score (nSPS) is 15.5. The van der Waals surface area contributed by atoms with Crippen LogP contribution < -0.4 is 5.73 Å². The van der Waals surface area contributed by atoms with Crippen molar-refractivity contribution in [3.63, 3.8) is 0 Å². The minimum absolute atomic E-state index is 0.0867. The van der Waals surface area contributed by atoms with Gasteiger partial charge in [0.2, 0.25) is 5.91 Å². The van der Waals surface area contributed by atoms with Crippen LogP contribution in [0, 0.1) is 6.92 Å². The van der Waals surface area contributed by atoms with E-state index in [0.29, 0.717) is 28.0 Å². The number of phenols is 1. The molecule has 0 spiro atoms. The molecular formula is C21H23N5O4. The molecule has 4 N–H and O–H groups in total. The summed E-state index contributed by atoms with van der Waals surface area (Å²) in [7, 11) is 0. The lowest BCUT2D eigenvalue weighted by molar-refractivity contribution is -0.123. The molecule has 9 heteroatoms. The van der Waals surface area contributed by atoms with E-state index in [1.54, 1.807) is 23.7 Å². The zero-order valence-corrected chi connectivity index (χ0v) is 16.6. The Morgan fingerprint density at radius 2 is 1.87 bits per heavy atom. The molecule has 0 saturated carbocycles. The van der Waals surface area contributed by atoms with Gasteiger partial charge in [0.15, 0.2) is 5.65 Å². The minimum Gasteiger partial charge on any atom is -0.508 e. The number of rotatable bonds is 6. The van der Waals surface area contributed by atoms with Crippen LogP contribution >= 0.6 is 0 Å². The number of hydrogen-bond donors (Lipinski definition) is 3. The molecule has 1 atom stereocenters. The fraction of sp³-hybridized carbons (Fsp3) is 0.333. The van der Waals surface area contributed by atoms with E-state index in [1.807, 2.05) is 4.90 Å². The molecule has 1 fully saturated rings. The Kier molecular flexibility index (Phi) is 5.13. The number of carboxylic acid groups (broad SMARTS) is 1. The number of carboxylic acids is 1. The maximum atomic E-state index is 12.1. The molecule has 0 bridgehead atoms. The first kappa shape index (κ1) is 19.8. The Balaban J connectivity index is 1.85. The number of amides is 1. The number of pyridine rings is 1. The van der Waals surface area contributed by atoms with Gasteiger partial charge >= 0.3 is 5.97 Å². The molecule has 1 saturated heterocycles. The molecule has 1 aliphatic rings. The van der Waals surface area contributed by atoms with Crippen LogP contribution in [0.1, 0.15) is 28.9 Å². The van der Waals surface area contributed by atoms with Crippen LogP contribution in [0.25, 0.3) is 22.3 Å². The summed E-state index contributed by atoms with van der Waals surface area (Å²) in [6, 6.07) is 7.32. The lowest BCUT2D eigenvalue weighted by Gasteiger charge is -2.24. The van der Waals surface area contributed by atoms with E-state index in [2.05, 4.69) is 10.1 Å². The number of benzene rings is 1.